The third-order valence-electron chi connectivity index (χ3n) is 3.41. The number of rotatable bonds is 5. The van der Waals surface area contributed by atoms with E-state index >= 15 is 0 Å². The van der Waals surface area contributed by atoms with E-state index in [-0.39, 0.29) is 18.0 Å². The summed E-state index contributed by atoms with van der Waals surface area (Å²) in [6.45, 7) is 5.94. The summed E-state index contributed by atoms with van der Waals surface area (Å²) in [5.41, 5.74) is 9.23. The quantitative estimate of drug-likeness (QED) is 0.739. The highest BCUT2D eigenvalue weighted by Crippen LogP contribution is 2.25. The molecule has 4 N–H and O–H groups in total. The molecule has 0 aliphatic rings. The normalized spacial score (nSPS) is 12.0. The molecular weight excluding hydrogens is 274 g/mol. The molecule has 1 unspecified atom stereocenters. The van der Waals surface area contributed by atoms with Crippen LogP contribution >= 0.6 is 0 Å². The predicted octanol–water partition coefficient (Wildman–Crippen LogP) is 3.58. The lowest BCUT2D eigenvalue weighted by atomic mass is 10.1. The summed E-state index contributed by atoms with van der Waals surface area (Å²) in [6, 6.07) is 15.7. The fraction of sp³-hybridized carbons (Fsp3) is 0.278. The number of hydrogen-bond donors (Lipinski definition) is 3. The van der Waals surface area contributed by atoms with Gasteiger partial charge in [0.25, 0.3) is 5.91 Å². The van der Waals surface area contributed by atoms with Crippen molar-refractivity contribution < 1.29 is 4.79 Å². The van der Waals surface area contributed by atoms with E-state index in [0.717, 1.165) is 5.69 Å². The molecular formula is C18H23N3O. The van der Waals surface area contributed by atoms with Gasteiger partial charge in [-0.1, -0.05) is 30.3 Å². The van der Waals surface area contributed by atoms with Gasteiger partial charge in [-0.25, -0.2) is 0 Å². The van der Waals surface area contributed by atoms with Crippen molar-refractivity contribution in [3.8, 4) is 0 Å². The van der Waals surface area contributed by atoms with Gasteiger partial charge >= 0.3 is 0 Å². The standard InChI is InChI=1S/C18H23N3O/c1-12(2)20-18(22)15-9-10-17(16(19)11-15)21-13(3)14-7-5-4-6-8-14/h4-13,21H,19H2,1-3H3,(H,20,22). The van der Waals surface area contributed by atoms with Crippen molar-refractivity contribution in [2.75, 3.05) is 11.1 Å². The average Bonchev–Trinajstić information content (AvgIpc) is 2.49. The summed E-state index contributed by atoms with van der Waals surface area (Å²) < 4.78 is 0. The molecule has 2 rings (SSSR count). The van der Waals surface area contributed by atoms with Crippen molar-refractivity contribution in [1.29, 1.82) is 0 Å². The molecule has 2 aromatic rings. The first-order valence-corrected chi connectivity index (χ1v) is 7.49. The Labute approximate surface area is 131 Å². The van der Waals surface area contributed by atoms with E-state index in [1.165, 1.54) is 5.56 Å². The van der Waals surface area contributed by atoms with Crippen LogP contribution in [0.5, 0.6) is 0 Å². The van der Waals surface area contributed by atoms with Gasteiger partial charge in [0.1, 0.15) is 0 Å². The second-order valence-corrected chi connectivity index (χ2v) is 5.71. The molecule has 0 aromatic heterocycles. The van der Waals surface area contributed by atoms with E-state index in [1.54, 1.807) is 12.1 Å². The number of nitrogens with two attached hydrogens (primary N) is 1. The Morgan fingerprint density at radius 1 is 1.05 bits per heavy atom. The first kappa shape index (κ1) is 15.9. The van der Waals surface area contributed by atoms with Crippen LogP contribution in [0.4, 0.5) is 11.4 Å². The van der Waals surface area contributed by atoms with Gasteiger partial charge in [-0.3, -0.25) is 4.79 Å². The van der Waals surface area contributed by atoms with Gasteiger partial charge in [-0.15, -0.1) is 0 Å². The molecule has 0 saturated carbocycles. The summed E-state index contributed by atoms with van der Waals surface area (Å²) in [5.74, 6) is -0.107. The fourth-order valence-corrected chi connectivity index (χ4v) is 2.24. The van der Waals surface area contributed by atoms with E-state index in [4.69, 9.17) is 5.73 Å². The molecule has 0 fully saturated rings. The van der Waals surface area contributed by atoms with Crippen molar-refractivity contribution in [1.82, 2.24) is 5.32 Å². The maximum Gasteiger partial charge on any atom is 0.251 e. The zero-order valence-corrected chi connectivity index (χ0v) is 13.3. The van der Waals surface area contributed by atoms with Crippen LogP contribution in [-0.4, -0.2) is 11.9 Å². The van der Waals surface area contributed by atoms with Crippen molar-refractivity contribution in [3.63, 3.8) is 0 Å². The Bertz CT molecular complexity index is 638. The minimum Gasteiger partial charge on any atom is -0.397 e. The van der Waals surface area contributed by atoms with Crippen molar-refractivity contribution in [3.05, 3.63) is 59.7 Å². The van der Waals surface area contributed by atoms with Crippen LogP contribution in [0.2, 0.25) is 0 Å². The van der Waals surface area contributed by atoms with Crippen LogP contribution in [-0.2, 0) is 0 Å². The molecule has 4 nitrogen and oxygen atoms in total. The lowest BCUT2D eigenvalue weighted by Gasteiger charge is -2.18. The summed E-state index contributed by atoms with van der Waals surface area (Å²) in [7, 11) is 0. The third kappa shape index (κ3) is 4.01. The van der Waals surface area contributed by atoms with Gasteiger partial charge in [-0.2, -0.15) is 0 Å². The second kappa shape index (κ2) is 6.98. The van der Waals surface area contributed by atoms with Crippen LogP contribution in [0.25, 0.3) is 0 Å². The van der Waals surface area contributed by atoms with E-state index in [9.17, 15) is 4.79 Å². The number of carbonyl (C=O) groups excluding carboxylic acids is 1. The molecule has 116 valence electrons. The lowest BCUT2D eigenvalue weighted by molar-refractivity contribution is 0.0943. The zero-order valence-electron chi connectivity index (χ0n) is 13.3. The Hall–Kier alpha value is -2.49. The number of carbonyl (C=O) groups is 1. The van der Waals surface area contributed by atoms with Crippen molar-refractivity contribution in [2.24, 2.45) is 0 Å². The number of nitrogen functional groups attached to an aromatic ring is 1. The molecule has 1 atom stereocenters. The van der Waals surface area contributed by atoms with Gasteiger partial charge in [-0.05, 0) is 44.5 Å². The van der Waals surface area contributed by atoms with E-state index in [2.05, 4.69) is 29.7 Å². The summed E-state index contributed by atoms with van der Waals surface area (Å²) in [6.07, 6.45) is 0. The number of anilines is 2. The molecule has 22 heavy (non-hydrogen) atoms. The van der Waals surface area contributed by atoms with E-state index in [0.29, 0.717) is 11.3 Å². The van der Waals surface area contributed by atoms with Crippen LogP contribution < -0.4 is 16.4 Å². The van der Waals surface area contributed by atoms with Crippen LogP contribution in [0.15, 0.2) is 48.5 Å². The Kier molecular flexibility index (Phi) is 5.04. The lowest BCUT2D eigenvalue weighted by Crippen LogP contribution is -2.30. The molecule has 0 spiro atoms. The van der Waals surface area contributed by atoms with Gasteiger partial charge in [0.05, 0.1) is 11.4 Å². The maximum atomic E-state index is 12.0. The van der Waals surface area contributed by atoms with E-state index < -0.39 is 0 Å². The van der Waals surface area contributed by atoms with Crippen molar-refractivity contribution >= 4 is 17.3 Å². The molecule has 0 aliphatic carbocycles. The SMILES string of the molecule is CC(C)NC(=O)c1ccc(NC(C)c2ccccc2)c(N)c1. The smallest absolute Gasteiger partial charge is 0.251 e. The molecule has 0 radical (unpaired) electrons. The van der Waals surface area contributed by atoms with Crippen LogP contribution in [0, 0.1) is 0 Å². The van der Waals surface area contributed by atoms with Crippen LogP contribution in [0.3, 0.4) is 0 Å². The number of amides is 1. The number of nitrogens with one attached hydrogen (secondary N) is 2. The Balaban J connectivity index is 2.11. The predicted molar refractivity (Wildman–Crippen MR) is 91.9 cm³/mol. The topological polar surface area (TPSA) is 67.2 Å². The highest BCUT2D eigenvalue weighted by atomic mass is 16.1. The van der Waals surface area contributed by atoms with Gasteiger partial charge in [0.15, 0.2) is 0 Å². The van der Waals surface area contributed by atoms with Gasteiger partial charge in [0.2, 0.25) is 0 Å². The first-order valence-electron chi connectivity index (χ1n) is 7.49. The monoisotopic (exact) mass is 297 g/mol. The summed E-state index contributed by atoms with van der Waals surface area (Å²) in [4.78, 5) is 12.0. The Morgan fingerprint density at radius 2 is 1.73 bits per heavy atom. The second-order valence-electron chi connectivity index (χ2n) is 5.71. The number of hydrogen-bond acceptors (Lipinski definition) is 3. The highest BCUT2D eigenvalue weighted by molar-refractivity contribution is 5.96. The summed E-state index contributed by atoms with van der Waals surface area (Å²) >= 11 is 0. The molecule has 0 saturated heterocycles. The molecule has 0 heterocycles. The maximum absolute atomic E-state index is 12.0. The average molecular weight is 297 g/mol. The highest BCUT2D eigenvalue weighted by Gasteiger charge is 2.11. The Morgan fingerprint density at radius 3 is 2.32 bits per heavy atom. The van der Waals surface area contributed by atoms with Gasteiger partial charge in [0, 0.05) is 17.6 Å². The summed E-state index contributed by atoms with van der Waals surface area (Å²) in [5, 5.41) is 6.23. The van der Waals surface area contributed by atoms with E-state index in [1.807, 2.05) is 38.1 Å². The molecule has 4 heteroatoms. The first-order chi connectivity index (χ1) is 10.5. The minimum atomic E-state index is -0.107. The molecule has 1 amide bonds. The van der Waals surface area contributed by atoms with Crippen molar-refractivity contribution in [2.45, 2.75) is 32.9 Å². The minimum absolute atomic E-state index is 0.102. The molecule has 2 aromatic carbocycles. The third-order valence-corrected chi connectivity index (χ3v) is 3.41. The fourth-order valence-electron chi connectivity index (χ4n) is 2.24. The van der Waals surface area contributed by atoms with Crippen LogP contribution in [0.1, 0.15) is 42.7 Å². The number of benzene rings is 2. The largest absolute Gasteiger partial charge is 0.397 e. The molecule has 0 aliphatic heterocycles. The zero-order chi connectivity index (χ0) is 16.1. The molecule has 0 bridgehead atoms. The van der Waals surface area contributed by atoms with Gasteiger partial charge < -0.3 is 16.4 Å².